The van der Waals surface area contributed by atoms with Gasteiger partial charge in [-0.05, 0) is 66.6 Å². The van der Waals surface area contributed by atoms with E-state index in [1.807, 2.05) is 19.1 Å². The zero-order valence-corrected chi connectivity index (χ0v) is 18.5. The number of ether oxygens (including phenoxy) is 2. The number of rotatable bonds is 8. The van der Waals surface area contributed by atoms with Gasteiger partial charge >= 0.3 is 0 Å². The SMILES string of the molecule is CCOc1cc(C=NN2C(=O)C3C4C=CC(C4)C3C2=O)ccc1OCc1ccc([N+](=O)[O-])cc1. The van der Waals surface area contributed by atoms with E-state index in [1.165, 1.54) is 18.3 Å². The van der Waals surface area contributed by atoms with Crippen LogP contribution in [-0.4, -0.2) is 34.6 Å². The van der Waals surface area contributed by atoms with E-state index in [0.717, 1.165) is 17.0 Å². The number of amides is 2. The molecule has 9 heteroatoms. The maximum absolute atomic E-state index is 12.8. The molecule has 2 bridgehead atoms. The second-order valence-corrected chi connectivity index (χ2v) is 8.58. The van der Waals surface area contributed by atoms with Gasteiger partial charge in [0.1, 0.15) is 6.61 Å². The molecule has 2 fully saturated rings. The van der Waals surface area contributed by atoms with Crippen molar-refractivity contribution in [3.05, 3.63) is 75.9 Å². The van der Waals surface area contributed by atoms with Gasteiger partial charge in [0.2, 0.25) is 0 Å². The van der Waals surface area contributed by atoms with Gasteiger partial charge in [0.05, 0.1) is 29.6 Å². The molecule has 2 amide bonds. The predicted molar refractivity (Wildman–Crippen MR) is 122 cm³/mol. The number of nitro benzene ring substituents is 1. The highest BCUT2D eigenvalue weighted by molar-refractivity contribution is 6.06. The van der Waals surface area contributed by atoms with E-state index in [2.05, 4.69) is 5.10 Å². The summed E-state index contributed by atoms with van der Waals surface area (Å²) < 4.78 is 11.6. The number of nitro groups is 1. The van der Waals surface area contributed by atoms with E-state index < -0.39 is 4.92 Å². The molecule has 0 spiro atoms. The Labute approximate surface area is 195 Å². The van der Waals surface area contributed by atoms with Gasteiger partial charge in [0.25, 0.3) is 17.5 Å². The zero-order chi connectivity index (χ0) is 23.8. The summed E-state index contributed by atoms with van der Waals surface area (Å²) in [5, 5.41) is 16.0. The number of hydrazone groups is 1. The van der Waals surface area contributed by atoms with E-state index in [9.17, 15) is 19.7 Å². The van der Waals surface area contributed by atoms with Gasteiger partial charge in [0, 0.05) is 12.1 Å². The first-order chi connectivity index (χ1) is 16.5. The molecule has 174 valence electrons. The molecule has 2 aromatic carbocycles. The van der Waals surface area contributed by atoms with Gasteiger partial charge in [0.15, 0.2) is 11.5 Å². The van der Waals surface area contributed by atoms with Crippen LogP contribution in [0.1, 0.15) is 24.5 Å². The summed E-state index contributed by atoms with van der Waals surface area (Å²) in [6.45, 7) is 2.47. The summed E-state index contributed by atoms with van der Waals surface area (Å²) in [7, 11) is 0. The Balaban J connectivity index is 1.28. The zero-order valence-electron chi connectivity index (χ0n) is 18.5. The third-order valence-corrected chi connectivity index (χ3v) is 6.58. The quantitative estimate of drug-likeness (QED) is 0.195. The number of fused-ring (bicyclic) bond motifs is 5. The van der Waals surface area contributed by atoms with Crippen LogP contribution in [0.2, 0.25) is 0 Å². The first kappa shape index (κ1) is 21.8. The molecule has 5 rings (SSSR count). The smallest absolute Gasteiger partial charge is 0.269 e. The number of nitrogens with zero attached hydrogens (tertiary/aromatic N) is 3. The molecule has 0 aromatic heterocycles. The molecule has 3 aliphatic rings. The molecule has 1 aliphatic heterocycles. The molecule has 1 saturated carbocycles. The lowest BCUT2D eigenvalue weighted by atomic mass is 9.85. The number of hydrogen-bond acceptors (Lipinski definition) is 7. The molecule has 34 heavy (non-hydrogen) atoms. The van der Waals surface area contributed by atoms with Crippen LogP contribution in [0, 0.1) is 33.8 Å². The number of carbonyl (C=O) groups excluding carboxylic acids is 2. The van der Waals surface area contributed by atoms with Crippen molar-refractivity contribution in [2.75, 3.05) is 6.61 Å². The van der Waals surface area contributed by atoms with Crippen LogP contribution in [0.3, 0.4) is 0 Å². The Morgan fingerprint density at radius 1 is 1.03 bits per heavy atom. The van der Waals surface area contributed by atoms with Gasteiger partial charge in [-0.3, -0.25) is 19.7 Å². The van der Waals surface area contributed by atoms with E-state index in [1.54, 1.807) is 30.3 Å². The second kappa shape index (κ2) is 8.74. The summed E-state index contributed by atoms with van der Waals surface area (Å²) >= 11 is 0. The first-order valence-electron chi connectivity index (χ1n) is 11.2. The molecule has 4 unspecified atom stereocenters. The van der Waals surface area contributed by atoms with Crippen molar-refractivity contribution < 1.29 is 24.0 Å². The third kappa shape index (κ3) is 3.83. The molecule has 2 aromatic rings. The minimum absolute atomic E-state index is 0.0184. The van der Waals surface area contributed by atoms with Gasteiger partial charge in [-0.25, -0.2) is 0 Å². The lowest BCUT2D eigenvalue weighted by Crippen LogP contribution is -2.28. The highest BCUT2D eigenvalue weighted by Gasteiger charge is 2.59. The van der Waals surface area contributed by atoms with Crippen LogP contribution in [0.15, 0.2) is 59.7 Å². The minimum atomic E-state index is -0.449. The monoisotopic (exact) mass is 461 g/mol. The van der Waals surface area contributed by atoms with E-state index in [4.69, 9.17) is 9.47 Å². The van der Waals surface area contributed by atoms with Gasteiger partial charge in [-0.15, -0.1) is 0 Å². The van der Waals surface area contributed by atoms with Crippen LogP contribution in [-0.2, 0) is 16.2 Å². The summed E-state index contributed by atoms with van der Waals surface area (Å²) in [5.41, 5.74) is 1.45. The highest BCUT2D eigenvalue weighted by Crippen LogP contribution is 2.52. The Kier molecular flexibility index (Phi) is 5.61. The molecule has 2 aliphatic carbocycles. The number of benzene rings is 2. The lowest BCUT2D eigenvalue weighted by molar-refractivity contribution is -0.384. The fourth-order valence-corrected chi connectivity index (χ4v) is 4.99. The average Bonchev–Trinajstić information content (AvgIpc) is 3.52. The molecular formula is C25H23N3O6. The average molecular weight is 461 g/mol. The highest BCUT2D eigenvalue weighted by atomic mass is 16.6. The summed E-state index contributed by atoms with van der Waals surface area (Å²) in [5.74, 6) is 0.260. The summed E-state index contributed by atoms with van der Waals surface area (Å²) in [6, 6.07) is 11.4. The predicted octanol–water partition coefficient (Wildman–Crippen LogP) is 3.71. The van der Waals surface area contributed by atoms with Gasteiger partial charge in [-0.2, -0.15) is 10.1 Å². The van der Waals surface area contributed by atoms with Gasteiger partial charge < -0.3 is 9.47 Å². The fraction of sp³-hybridized carbons (Fsp3) is 0.320. The maximum Gasteiger partial charge on any atom is 0.269 e. The molecule has 4 atom stereocenters. The van der Waals surface area contributed by atoms with Crippen LogP contribution in [0.25, 0.3) is 0 Å². The van der Waals surface area contributed by atoms with Crippen molar-refractivity contribution in [3.8, 4) is 11.5 Å². The van der Waals surface area contributed by atoms with Crippen LogP contribution in [0.4, 0.5) is 5.69 Å². The fourth-order valence-electron chi connectivity index (χ4n) is 4.99. The molecule has 9 nitrogen and oxygen atoms in total. The maximum atomic E-state index is 12.8. The van der Waals surface area contributed by atoms with Crippen molar-refractivity contribution in [3.63, 3.8) is 0 Å². The van der Waals surface area contributed by atoms with Crippen LogP contribution in [0.5, 0.6) is 11.5 Å². The molecule has 0 radical (unpaired) electrons. The Morgan fingerprint density at radius 2 is 1.71 bits per heavy atom. The number of allylic oxidation sites excluding steroid dienone is 2. The van der Waals surface area contributed by atoms with Crippen molar-refractivity contribution in [2.24, 2.45) is 28.8 Å². The van der Waals surface area contributed by atoms with Gasteiger partial charge in [-0.1, -0.05) is 12.2 Å². The van der Waals surface area contributed by atoms with E-state index >= 15 is 0 Å². The van der Waals surface area contributed by atoms with E-state index in [-0.39, 0.29) is 47.8 Å². The Morgan fingerprint density at radius 3 is 2.32 bits per heavy atom. The number of carbonyl (C=O) groups is 2. The topological polar surface area (TPSA) is 111 Å². The normalized spacial score (nSPS) is 24.8. The van der Waals surface area contributed by atoms with Crippen LogP contribution < -0.4 is 9.47 Å². The van der Waals surface area contributed by atoms with Crippen LogP contribution >= 0.6 is 0 Å². The summed E-state index contributed by atoms with van der Waals surface area (Å²) in [4.78, 5) is 35.9. The Bertz CT molecular complexity index is 1180. The van der Waals surface area contributed by atoms with Crippen molar-refractivity contribution in [1.29, 1.82) is 0 Å². The largest absolute Gasteiger partial charge is 0.490 e. The number of non-ortho nitro benzene ring substituents is 1. The Hall–Kier alpha value is -4.01. The lowest BCUT2D eigenvalue weighted by Gasteiger charge is -2.13. The van der Waals surface area contributed by atoms with Crippen molar-refractivity contribution in [1.82, 2.24) is 5.01 Å². The van der Waals surface area contributed by atoms with Crippen molar-refractivity contribution >= 4 is 23.7 Å². The molecule has 0 N–H and O–H groups in total. The third-order valence-electron chi connectivity index (χ3n) is 6.58. The standard InChI is InChI=1S/C25H23N3O6/c1-2-33-21-11-16(5-10-20(21)34-14-15-3-8-19(9-4-15)28(31)32)13-26-27-24(29)22-17-6-7-18(12-17)23(22)25(27)30/h3-11,13,17-18,22-23H,2,12,14H2,1H3. The van der Waals surface area contributed by atoms with Crippen molar-refractivity contribution in [2.45, 2.75) is 20.0 Å². The first-order valence-corrected chi connectivity index (χ1v) is 11.2. The molecular weight excluding hydrogens is 438 g/mol. The number of hydrogen-bond donors (Lipinski definition) is 0. The number of imide groups is 1. The minimum Gasteiger partial charge on any atom is -0.490 e. The summed E-state index contributed by atoms with van der Waals surface area (Å²) in [6.07, 6.45) is 6.46. The van der Waals surface area contributed by atoms with E-state index in [0.29, 0.717) is 23.7 Å². The second-order valence-electron chi connectivity index (χ2n) is 8.58. The molecule has 1 saturated heterocycles. The molecule has 1 heterocycles.